The molecular weight excluding hydrogens is 414 g/mol. The molecule has 0 aliphatic heterocycles. The van der Waals surface area contributed by atoms with Crippen molar-refractivity contribution >= 4 is 23.2 Å². The number of carbonyl (C=O) groups is 2. The highest BCUT2D eigenvalue weighted by molar-refractivity contribution is 7.09. The van der Waals surface area contributed by atoms with Crippen molar-refractivity contribution in [3.8, 4) is 5.75 Å². The van der Waals surface area contributed by atoms with Crippen LogP contribution in [0.5, 0.6) is 5.75 Å². The summed E-state index contributed by atoms with van der Waals surface area (Å²) in [7, 11) is 0. The monoisotopic (exact) mass is 439 g/mol. The zero-order valence-corrected chi connectivity index (χ0v) is 18.1. The molecule has 2 N–H and O–H groups in total. The molecule has 0 saturated heterocycles. The number of ether oxygens (including phenoxy) is 1. The Morgan fingerprint density at radius 2 is 1.74 bits per heavy atom. The van der Waals surface area contributed by atoms with Crippen LogP contribution >= 0.6 is 11.3 Å². The van der Waals surface area contributed by atoms with Crippen LogP contribution in [0.4, 0.5) is 0 Å². The van der Waals surface area contributed by atoms with Gasteiger partial charge in [0.2, 0.25) is 0 Å². The van der Waals surface area contributed by atoms with Gasteiger partial charge in [-0.15, -0.1) is 11.3 Å². The molecule has 7 nitrogen and oxygen atoms in total. The zero-order valence-electron chi connectivity index (χ0n) is 17.3. The lowest BCUT2D eigenvalue weighted by Crippen LogP contribution is -2.43. The predicted octanol–water partition coefficient (Wildman–Crippen LogP) is 4.09. The van der Waals surface area contributed by atoms with E-state index in [9.17, 15) is 9.59 Å². The van der Waals surface area contributed by atoms with Gasteiger partial charge in [0.25, 0.3) is 11.8 Å². The molecule has 162 valence electrons. The molecule has 1 aliphatic rings. The SMILES string of the molecule is Cc1ccc(OCc2nc(C(=O)NC3CCC(NC(=O)c4ccco4)CC3)cs2)cc1. The maximum Gasteiger partial charge on any atom is 0.287 e. The highest BCUT2D eigenvalue weighted by Gasteiger charge is 2.25. The summed E-state index contributed by atoms with van der Waals surface area (Å²) in [6.45, 7) is 2.36. The van der Waals surface area contributed by atoms with Crippen LogP contribution in [0.2, 0.25) is 0 Å². The molecule has 0 unspecified atom stereocenters. The Balaban J connectivity index is 1.21. The summed E-state index contributed by atoms with van der Waals surface area (Å²) in [5.41, 5.74) is 1.59. The third-order valence-electron chi connectivity index (χ3n) is 5.31. The topological polar surface area (TPSA) is 93.5 Å². The summed E-state index contributed by atoms with van der Waals surface area (Å²) >= 11 is 1.41. The molecule has 31 heavy (non-hydrogen) atoms. The van der Waals surface area contributed by atoms with Gasteiger partial charge in [-0.2, -0.15) is 0 Å². The number of hydrogen-bond acceptors (Lipinski definition) is 6. The molecule has 0 bridgehead atoms. The molecule has 0 atom stereocenters. The van der Waals surface area contributed by atoms with Gasteiger partial charge in [0.1, 0.15) is 23.1 Å². The minimum Gasteiger partial charge on any atom is -0.486 e. The number of nitrogens with zero attached hydrogens (tertiary/aromatic N) is 1. The van der Waals surface area contributed by atoms with Crippen LogP contribution in [0, 0.1) is 6.92 Å². The predicted molar refractivity (Wildman–Crippen MR) is 117 cm³/mol. The Morgan fingerprint density at radius 1 is 1.06 bits per heavy atom. The van der Waals surface area contributed by atoms with Gasteiger partial charge in [-0.3, -0.25) is 9.59 Å². The summed E-state index contributed by atoms with van der Waals surface area (Å²) < 4.78 is 10.9. The number of furan rings is 1. The van der Waals surface area contributed by atoms with Crippen molar-refractivity contribution in [1.82, 2.24) is 15.6 Å². The summed E-state index contributed by atoms with van der Waals surface area (Å²) in [6.07, 6.45) is 4.72. The van der Waals surface area contributed by atoms with Gasteiger partial charge in [0, 0.05) is 17.5 Å². The number of amides is 2. The lowest BCUT2D eigenvalue weighted by molar-refractivity contribution is 0.0874. The quantitative estimate of drug-likeness (QED) is 0.578. The first kappa shape index (κ1) is 21.1. The van der Waals surface area contributed by atoms with Crippen LogP contribution in [0.3, 0.4) is 0 Å². The smallest absolute Gasteiger partial charge is 0.287 e. The highest BCUT2D eigenvalue weighted by Crippen LogP contribution is 2.21. The summed E-state index contributed by atoms with van der Waals surface area (Å²) in [4.78, 5) is 29.1. The largest absolute Gasteiger partial charge is 0.486 e. The maximum absolute atomic E-state index is 12.6. The molecule has 4 rings (SSSR count). The number of aromatic nitrogens is 1. The number of rotatable bonds is 7. The van der Waals surface area contributed by atoms with E-state index in [1.165, 1.54) is 23.2 Å². The van der Waals surface area contributed by atoms with Crippen molar-refractivity contribution in [2.24, 2.45) is 0 Å². The van der Waals surface area contributed by atoms with E-state index in [2.05, 4.69) is 15.6 Å². The summed E-state index contributed by atoms with van der Waals surface area (Å²) in [5, 5.41) is 8.58. The fraction of sp³-hybridized carbons (Fsp3) is 0.348. The van der Waals surface area contributed by atoms with E-state index >= 15 is 0 Å². The lowest BCUT2D eigenvalue weighted by Gasteiger charge is -2.29. The second-order valence-corrected chi connectivity index (χ2v) is 8.64. The minimum atomic E-state index is -0.194. The molecule has 3 aromatic rings. The fourth-order valence-corrected chi connectivity index (χ4v) is 4.25. The molecule has 2 amide bonds. The molecule has 1 fully saturated rings. The summed E-state index contributed by atoms with van der Waals surface area (Å²) in [6, 6.07) is 11.3. The number of thiazole rings is 1. The lowest BCUT2D eigenvalue weighted by atomic mass is 9.91. The number of carbonyl (C=O) groups excluding carboxylic acids is 2. The van der Waals surface area contributed by atoms with Gasteiger partial charge in [0.05, 0.1) is 6.26 Å². The molecule has 1 aliphatic carbocycles. The van der Waals surface area contributed by atoms with Gasteiger partial charge in [-0.1, -0.05) is 17.7 Å². The maximum atomic E-state index is 12.6. The van der Waals surface area contributed by atoms with Crippen molar-refractivity contribution in [2.75, 3.05) is 0 Å². The van der Waals surface area contributed by atoms with Crippen molar-refractivity contribution < 1.29 is 18.7 Å². The molecule has 1 saturated carbocycles. The Hall–Kier alpha value is -3.13. The Labute approximate surface area is 184 Å². The Kier molecular flexibility index (Phi) is 6.66. The third-order valence-corrected chi connectivity index (χ3v) is 6.13. The molecule has 0 spiro atoms. The highest BCUT2D eigenvalue weighted by atomic mass is 32.1. The number of hydrogen-bond donors (Lipinski definition) is 2. The van der Waals surface area contributed by atoms with E-state index in [4.69, 9.17) is 9.15 Å². The van der Waals surface area contributed by atoms with Gasteiger partial charge < -0.3 is 19.8 Å². The van der Waals surface area contributed by atoms with E-state index in [0.717, 1.165) is 36.4 Å². The molecule has 1 aromatic carbocycles. The van der Waals surface area contributed by atoms with Crippen LogP contribution in [-0.2, 0) is 6.61 Å². The molecule has 2 aromatic heterocycles. The van der Waals surface area contributed by atoms with E-state index in [-0.39, 0.29) is 23.9 Å². The van der Waals surface area contributed by atoms with Crippen LogP contribution in [0.1, 0.15) is 57.3 Å². The molecule has 0 radical (unpaired) electrons. The van der Waals surface area contributed by atoms with Crippen LogP contribution in [0.25, 0.3) is 0 Å². The molecule has 8 heteroatoms. The van der Waals surface area contributed by atoms with Crippen molar-refractivity contribution in [3.05, 3.63) is 70.1 Å². The van der Waals surface area contributed by atoms with Gasteiger partial charge in [-0.25, -0.2) is 4.98 Å². The first-order chi connectivity index (χ1) is 15.1. The van der Waals surface area contributed by atoms with Crippen molar-refractivity contribution in [3.63, 3.8) is 0 Å². The summed E-state index contributed by atoms with van der Waals surface area (Å²) in [5.74, 6) is 0.741. The van der Waals surface area contributed by atoms with E-state index in [1.807, 2.05) is 31.2 Å². The number of aryl methyl sites for hydroxylation is 1. The Bertz CT molecular complexity index is 1010. The first-order valence-electron chi connectivity index (χ1n) is 10.4. The van der Waals surface area contributed by atoms with E-state index in [1.54, 1.807) is 17.5 Å². The van der Waals surface area contributed by atoms with Gasteiger partial charge in [0.15, 0.2) is 5.76 Å². The average Bonchev–Trinajstić information content (AvgIpc) is 3.47. The fourth-order valence-electron chi connectivity index (χ4n) is 3.57. The van der Waals surface area contributed by atoms with Gasteiger partial charge >= 0.3 is 0 Å². The Morgan fingerprint density at radius 3 is 2.39 bits per heavy atom. The van der Waals surface area contributed by atoms with Crippen LogP contribution < -0.4 is 15.4 Å². The van der Waals surface area contributed by atoms with Crippen LogP contribution in [0.15, 0.2) is 52.5 Å². The van der Waals surface area contributed by atoms with Gasteiger partial charge in [-0.05, 0) is 56.9 Å². The second-order valence-electron chi connectivity index (χ2n) is 7.70. The van der Waals surface area contributed by atoms with Crippen molar-refractivity contribution in [1.29, 1.82) is 0 Å². The third kappa shape index (κ3) is 5.73. The normalized spacial score (nSPS) is 18.4. The molecule has 2 heterocycles. The van der Waals surface area contributed by atoms with Crippen LogP contribution in [-0.4, -0.2) is 28.9 Å². The minimum absolute atomic E-state index is 0.0817. The second kappa shape index (κ2) is 9.78. The number of nitrogens with one attached hydrogen (secondary N) is 2. The van der Waals surface area contributed by atoms with E-state index < -0.39 is 0 Å². The number of benzene rings is 1. The van der Waals surface area contributed by atoms with Crippen molar-refractivity contribution in [2.45, 2.75) is 51.3 Å². The average molecular weight is 440 g/mol. The zero-order chi connectivity index (χ0) is 21.6. The molecular formula is C23H25N3O4S. The first-order valence-corrected chi connectivity index (χ1v) is 11.2. The van der Waals surface area contributed by atoms with E-state index in [0.29, 0.717) is 18.1 Å². The standard InChI is InChI=1S/C23H25N3O4S/c1-15-4-10-18(11-5-15)30-13-21-26-19(14-31-21)22(27)24-16-6-8-17(9-7-16)25-23(28)20-3-2-12-29-20/h2-5,10-12,14,16-17H,6-9,13H2,1H3,(H,24,27)(H,25,28).